The van der Waals surface area contributed by atoms with Gasteiger partial charge >= 0.3 is 21.6 Å². The Hall–Kier alpha value is -1.84. The molecule has 0 saturated carbocycles. The summed E-state index contributed by atoms with van der Waals surface area (Å²) in [6.07, 6.45) is 0. The first-order valence-electron chi connectivity index (χ1n) is 5.07. The lowest BCUT2D eigenvalue weighted by Gasteiger charge is -2.12. The normalized spacial score (nSPS) is 12.1. The number of pyridine rings is 1. The first-order chi connectivity index (χ1) is 8.99. The fourth-order valence-corrected chi connectivity index (χ4v) is 1.58. The number of methoxy groups -OCH3 is 1. The van der Waals surface area contributed by atoms with Crippen LogP contribution in [0.3, 0.4) is 0 Å². The molecular weight excluding hydrogens is 303 g/mol. The first kappa shape index (κ1) is 16.2. The predicted octanol–water partition coefficient (Wildman–Crippen LogP) is 1.71. The van der Waals surface area contributed by atoms with E-state index in [0.717, 1.165) is 13.2 Å². The van der Waals surface area contributed by atoms with Crippen LogP contribution < -0.4 is 4.18 Å². The summed E-state index contributed by atoms with van der Waals surface area (Å²) in [6, 6.07) is 1.13. The van der Waals surface area contributed by atoms with Gasteiger partial charge in [0.25, 0.3) is 0 Å². The molecule has 0 saturated heterocycles. The van der Waals surface area contributed by atoms with E-state index >= 15 is 0 Å². The Kier molecular flexibility index (Phi) is 4.27. The van der Waals surface area contributed by atoms with Crippen molar-refractivity contribution in [3.05, 3.63) is 22.9 Å². The van der Waals surface area contributed by atoms with Gasteiger partial charge in [0.05, 0.1) is 7.11 Å². The predicted molar refractivity (Wildman–Crippen MR) is 60.7 cm³/mol. The van der Waals surface area contributed by atoms with E-state index in [1.807, 2.05) is 0 Å². The zero-order valence-electron chi connectivity index (χ0n) is 10.6. The number of nitrogens with zero attached hydrogens (tertiary/aromatic N) is 1. The molecule has 6 nitrogen and oxygen atoms in total. The molecule has 20 heavy (non-hydrogen) atoms. The Morgan fingerprint density at radius 2 is 1.85 bits per heavy atom. The van der Waals surface area contributed by atoms with Crippen molar-refractivity contribution < 1.29 is 35.3 Å². The third-order valence-corrected chi connectivity index (χ3v) is 3.25. The fraction of sp³-hybridized carbons (Fsp3) is 0.400. The zero-order valence-corrected chi connectivity index (χ0v) is 11.4. The number of aryl methyl sites for hydroxylation is 2. The van der Waals surface area contributed by atoms with Crippen molar-refractivity contribution in [3.63, 3.8) is 0 Å². The summed E-state index contributed by atoms with van der Waals surface area (Å²) in [5, 5.41) is 0. The summed E-state index contributed by atoms with van der Waals surface area (Å²) < 4.78 is 66.9. The molecule has 0 amide bonds. The maximum Gasteiger partial charge on any atom is 0.534 e. The Bertz CT molecular complexity index is 639. The number of ether oxygens (including phenoxy) is 1. The smallest absolute Gasteiger partial charge is 0.465 e. The van der Waals surface area contributed by atoms with Crippen LogP contribution in [-0.4, -0.2) is 32.0 Å². The highest BCUT2D eigenvalue weighted by Gasteiger charge is 2.49. The molecule has 0 spiro atoms. The van der Waals surface area contributed by atoms with Crippen LogP contribution in [0.15, 0.2) is 6.07 Å². The van der Waals surface area contributed by atoms with E-state index in [9.17, 15) is 26.4 Å². The van der Waals surface area contributed by atoms with Crippen molar-refractivity contribution in [2.75, 3.05) is 7.11 Å². The van der Waals surface area contributed by atoms with E-state index in [2.05, 4.69) is 13.9 Å². The van der Waals surface area contributed by atoms with E-state index in [1.165, 1.54) is 13.8 Å². The Morgan fingerprint density at radius 3 is 2.30 bits per heavy atom. The van der Waals surface area contributed by atoms with Gasteiger partial charge in [0.1, 0.15) is 5.56 Å². The van der Waals surface area contributed by atoms with Crippen LogP contribution in [0.1, 0.15) is 21.6 Å². The maximum atomic E-state index is 12.3. The molecule has 0 radical (unpaired) electrons. The van der Waals surface area contributed by atoms with Gasteiger partial charge in [-0.05, 0) is 25.5 Å². The van der Waals surface area contributed by atoms with Crippen molar-refractivity contribution in [2.45, 2.75) is 19.4 Å². The van der Waals surface area contributed by atoms with Gasteiger partial charge in [0, 0.05) is 5.69 Å². The van der Waals surface area contributed by atoms with E-state index in [1.54, 1.807) is 0 Å². The van der Waals surface area contributed by atoms with Gasteiger partial charge < -0.3 is 8.92 Å². The molecule has 1 heterocycles. The Labute approximate surface area is 112 Å². The van der Waals surface area contributed by atoms with Crippen LogP contribution in [0.5, 0.6) is 5.88 Å². The van der Waals surface area contributed by atoms with E-state index in [0.29, 0.717) is 5.56 Å². The van der Waals surface area contributed by atoms with Crippen molar-refractivity contribution in [2.24, 2.45) is 0 Å². The summed E-state index contributed by atoms with van der Waals surface area (Å²) in [4.78, 5) is 15.0. The standard InChI is InChI=1S/C10H10F3NO5S/c1-5-4-7(9(15)18-3)8(14-6(5)2)19-20(16,17)10(11,12)13/h4H,1-3H3. The summed E-state index contributed by atoms with van der Waals surface area (Å²) in [5.74, 6) is -2.04. The largest absolute Gasteiger partial charge is 0.534 e. The molecule has 1 rings (SSSR count). The third kappa shape index (κ3) is 3.18. The molecule has 0 atom stereocenters. The van der Waals surface area contributed by atoms with E-state index in [-0.39, 0.29) is 5.69 Å². The number of esters is 1. The first-order valence-corrected chi connectivity index (χ1v) is 6.47. The van der Waals surface area contributed by atoms with Gasteiger partial charge in [0.2, 0.25) is 5.88 Å². The number of halogens is 3. The summed E-state index contributed by atoms with van der Waals surface area (Å²) in [6.45, 7) is 2.96. The van der Waals surface area contributed by atoms with Crippen LogP contribution in [0, 0.1) is 13.8 Å². The monoisotopic (exact) mass is 313 g/mol. The Balaban J connectivity index is 3.38. The van der Waals surface area contributed by atoms with Gasteiger partial charge in [-0.15, -0.1) is 0 Å². The third-order valence-electron chi connectivity index (χ3n) is 2.31. The summed E-state index contributed by atoms with van der Waals surface area (Å²) >= 11 is 0. The molecule has 10 heteroatoms. The van der Waals surface area contributed by atoms with Crippen molar-refractivity contribution in [3.8, 4) is 5.88 Å². The fourth-order valence-electron chi connectivity index (χ4n) is 1.15. The molecule has 0 bridgehead atoms. The quantitative estimate of drug-likeness (QED) is 0.480. The van der Waals surface area contributed by atoms with Gasteiger partial charge in [-0.1, -0.05) is 0 Å². The molecule has 112 valence electrons. The minimum atomic E-state index is -5.91. The van der Waals surface area contributed by atoms with Crippen molar-refractivity contribution in [1.29, 1.82) is 0 Å². The second-order valence-corrected chi connectivity index (χ2v) is 5.26. The summed E-state index contributed by atoms with van der Waals surface area (Å²) in [5.41, 5.74) is -5.46. The highest BCUT2D eigenvalue weighted by Crippen LogP contribution is 2.29. The number of hydrogen-bond donors (Lipinski definition) is 0. The average molecular weight is 313 g/mol. The minimum Gasteiger partial charge on any atom is -0.465 e. The molecule has 0 aliphatic rings. The van der Waals surface area contributed by atoms with Gasteiger partial charge in [-0.25, -0.2) is 9.78 Å². The molecule has 0 N–H and O–H groups in total. The molecule has 0 aromatic carbocycles. The van der Waals surface area contributed by atoms with Crippen molar-refractivity contribution >= 4 is 16.1 Å². The lowest BCUT2D eigenvalue weighted by Crippen LogP contribution is -2.29. The number of carbonyl (C=O) groups excluding carboxylic acids is 1. The highest BCUT2D eigenvalue weighted by atomic mass is 32.2. The average Bonchev–Trinajstić information content (AvgIpc) is 2.30. The molecule has 0 aliphatic carbocycles. The van der Waals surface area contributed by atoms with Crippen LogP contribution in [0.2, 0.25) is 0 Å². The number of aromatic nitrogens is 1. The van der Waals surface area contributed by atoms with Crippen LogP contribution in [-0.2, 0) is 14.9 Å². The SMILES string of the molecule is COC(=O)c1cc(C)c(C)nc1OS(=O)(=O)C(F)(F)F. The molecule has 1 aromatic heterocycles. The second-order valence-electron chi connectivity index (χ2n) is 3.72. The number of rotatable bonds is 3. The molecule has 1 aromatic rings. The van der Waals surface area contributed by atoms with Gasteiger partial charge in [-0.2, -0.15) is 21.6 Å². The lowest BCUT2D eigenvalue weighted by molar-refractivity contribution is -0.0501. The van der Waals surface area contributed by atoms with Gasteiger partial charge in [0.15, 0.2) is 0 Å². The number of carbonyl (C=O) groups is 1. The second kappa shape index (κ2) is 5.27. The van der Waals surface area contributed by atoms with E-state index < -0.39 is 33.0 Å². The van der Waals surface area contributed by atoms with Crippen LogP contribution >= 0.6 is 0 Å². The Morgan fingerprint density at radius 1 is 1.30 bits per heavy atom. The van der Waals surface area contributed by atoms with E-state index in [4.69, 9.17) is 0 Å². The molecular formula is C10H10F3NO5S. The number of hydrogen-bond acceptors (Lipinski definition) is 6. The number of alkyl halides is 3. The highest BCUT2D eigenvalue weighted by molar-refractivity contribution is 7.87. The van der Waals surface area contributed by atoms with Crippen molar-refractivity contribution in [1.82, 2.24) is 4.98 Å². The topological polar surface area (TPSA) is 82.6 Å². The summed E-state index contributed by atoms with van der Waals surface area (Å²) in [7, 11) is -4.93. The minimum absolute atomic E-state index is 0.213. The van der Waals surface area contributed by atoms with Gasteiger partial charge in [-0.3, -0.25) is 0 Å². The molecule has 0 unspecified atom stereocenters. The zero-order chi connectivity index (χ0) is 15.7. The molecule has 0 aliphatic heterocycles. The van der Waals surface area contributed by atoms with Crippen LogP contribution in [0.25, 0.3) is 0 Å². The molecule has 0 fully saturated rings. The lowest BCUT2D eigenvalue weighted by atomic mass is 10.1. The van der Waals surface area contributed by atoms with Crippen LogP contribution in [0.4, 0.5) is 13.2 Å². The maximum absolute atomic E-state index is 12.3.